The van der Waals surface area contributed by atoms with Crippen LogP contribution >= 0.6 is 0 Å². The van der Waals surface area contributed by atoms with Gasteiger partial charge in [0.05, 0.1) is 6.54 Å². The molecular formula is C13H15FN2O2. The van der Waals surface area contributed by atoms with Crippen LogP contribution in [0.25, 0.3) is 0 Å². The first-order valence-electron chi connectivity index (χ1n) is 5.95. The maximum atomic E-state index is 12.9. The van der Waals surface area contributed by atoms with Crippen molar-refractivity contribution in [3.63, 3.8) is 0 Å². The third-order valence-corrected chi connectivity index (χ3v) is 2.78. The molecular weight excluding hydrogens is 235 g/mol. The maximum Gasteiger partial charge on any atom is 0.251 e. The van der Waals surface area contributed by atoms with E-state index >= 15 is 0 Å². The van der Waals surface area contributed by atoms with Crippen molar-refractivity contribution < 1.29 is 14.0 Å². The second kappa shape index (κ2) is 5.62. The van der Waals surface area contributed by atoms with Crippen molar-refractivity contribution >= 4 is 11.8 Å². The van der Waals surface area contributed by atoms with Crippen molar-refractivity contribution in [1.29, 1.82) is 0 Å². The van der Waals surface area contributed by atoms with E-state index in [1.54, 1.807) is 0 Å². The number of benzene rings is 1. The standard InChI is InChI=1S/C13H15FN2O2/c14-11-3-1-2-10(6-11)13(18)16-8-12(17)15-7-9-4-5-9/h1-3,6,9H,4-5,7-8H2,(H,15,17)(H,16,18). The third-order valence-electron chi connectivity index (χ3n) is 2.78. The lowest BCUT2D eigenvalue weighted by Crippen LogP contribution is -2.37. The van der Waals surface area contributed by atoms with E-state index in [1.165, 1.54) is 18.2 Å². The molecule has 0 unspecified atom stereocenters. The molecule has 0 aliphatic heterocycles. The van der Waals surface area contributed by atoms with E-state index in [4.69, 9.17) is 0 Å². The number of hydrogen-bond acceptors (Lipinski definition) is 2. The van der Waals surface area contributed by atoms with E-state index in [1.807, 2.05) is 0 Å². The molecule has 0 heterocycles. The average molecular weight is 250 g/mol. The molecule has 1 fully saturated rings. The molecule has 18 heavy (non-hydrogen) atoms. The number of carbonyl (C=O) groups excluding carboxylic acids is 2. The zero-order chi connectivity index (χ0) is 13.0. The second-order valence-electron chi connectivity index (χ2n) is 4.44. The van der Waals surface area contributed by atoms with Crippen molar-refractivity contribution in [2.45, 2.75) is 12.8 Å². The molecule has 0 saturated heterocycles. The van der Waals surface area contributed by atoms with Gasteiger partial charge < -0.3 is 10.6 Å². The van der Waals surface area contributed by atoms with Crippen molar-refractivity contribution in [3.8, 4) is 0 Å². The molecule has 0 atom stereocenters. The van der Waals surface area contributed by atoms with Crippen LogP contribution in [-0.4, -0.2) is 24.9 Å². The fourth-order valence-electron chi connectivity index (χ4n) is 1.53. The summed E-state index contributed by atoms with van der Waals surface area (Å²) in [5, 5.41) is 5.19. The van der Waals surface area contributed by atoms with Gasteiger partial charge in [-0.1, -0.05) is 6.07 Å². The number of nitrogens with one attached hydrogen (secondary N) is 2. The smallest absolute Gasteiger partial charge is 0.251 e. The highest BCUT2D eigenvalue weighted by Crippen LogP contribution is 2.27. The van der Waals surface area contributed by atoms with Gasteiger partial charge in [0.25, 0.3) is 5.91 Å². The predicted molar refractivity (Wildman–Crippen MR) is 64.5 cm³/mol. The number of amides is 2. The van der Waals surface area contributed by atoms with Crippen LogP contribution in [0.4, 0.5) is 4.39 Å². The summed E-state index contributed by atoms with van der Waals surface area (Å²) in [7, 11) is 0. The van der Waals surface area contributed by atoms with Gasteiger partial charge in [-0.25, -0.2) is 4.39 Å². The van der Waals surface area contributed by atoms with Gasteiger partial charge in [-0.3, -0.25) is 9.59 Å². The average Bonchev–Trinajstić information content (AvgIpc) is 3.17. The molecule has 0 spiro atoms. The van der Waals surface area contributed by atoms with Gasteiger partial charge in [-0.2, -0.15) is 0 Å². The number of hydrogen-bond donors (Lipinski definition) is 2. The Morgan fingerprint density at radius 1 is 1.28 bits per heavy atom. The normalized spacial score (nSPS) is 14.1. The molecule has 1 aliphatic rings. The molecule has 1 aromatic carbocycles. The lowest BCUT2D eigenvalue weighted by atomic mass is 10.2. The van der Waals surface area contributed by atoms with Crippen LogP contribution in [0.1, 0.15) is 23.2 Å². The van der Waals surface area contributed by atoms with Crippen LogP contribution in [0.2, 0.25) is 0 Å². The van der Waals surface area contributed by atoms with Crippen molar-refractivity contribution in [2.75, 3.05) is 13.1 Å². The van der Waals surface area contributed by atoms with Gasteiger partial charge >= 0.3 is 0 Å². The molecule has 1 aliphatic carbocycles. The zero-order valence-electron chi connectivity index (χ0n) is 9.91. The van der Waals surface area contributed by atoms with Crippen molar-refractivity contribution in [3.05, 3.63) is 35.6 Å². The SMILES string of the molecule is O=C(CNC(=O)c1cccc(F)c1)NCC1CC1. The summed E-state index contributed by atoms with van der Waals surface area (Å²) in [6.07, 6.45) is 2.33. The molecule has 1 saturated carbocycles. The van der Waals surface area contributed by atoms with Gasteiger partial charge in [0.15, 0.2) is 0 Å². The van der Waals surface area contributed by atoms with Crippen LogP contribution in [0.5, 0.6) is 0 Å². The van der Waals surface area contributed by atoms with Gasteiger partial charge in [0.1, 0.15) is 5.82 Å². The highest BCUT2D eigenvalue weighted by Gasteiger charge is 2.21. The van der Waals surface area contributed by atoms with Gasteiger partial charge in [-0.15, -0.1) is 0 Å². The maximum absolute atomic E-state index is 12.9. The largest absolute Gasteiger partial charge is 0.354 e. The Kier molecular flexibility index (Phi) is 3.92. The van der Waals surface area contributed by atoms with Crippen LogP contribution in [-0.2, 0) is 4.79 Å². The van der Waals surface area contributed by atoms with Gasteiger partial charge in [0, 0.05) is 12.1 Å². The summed E-state index contributed by atoms with van der Waals surface area (Å²) < 4.78 is 12.9. The highest BCUT2D eigenvalue weighted by atomic mass is 19.1. The summed E-state index contributed by atoms with van der Waals surface area (Å²) in [4.78, 5) is 23.0. The fourth-order valence-corrected chi connectivity index (χ4v) is 1.53. The predicted octanol–water partition coefficient (Wildman–Crippen LogP) is 1.08. The zero-order valence-corrected chi connectivity index (χ0v) is 9.91. The minimum atomic E-state index is -0.471. The fraction of sp³-hybridized carbons (Fsp3) is 0.385. The Hall–Kier alpha value is -1.91. The Labute approximate surface area is 105 Å². The van der Waals surface area contributed by atoms with Gasteiger partial charge in [0.2, 0.25) is 5.91 Å². The lowest BCUT2D eigenvalue weighted by Gasteiger charge is -2.06. The molecule has 5 heteroatoms. The molecule has 96 valence electrons. The quantitative estimate of drug-likeness (QED) is 0.821. The Morgan fingerprint density at radius 2 is 2.06 bits per heavy atom. The summed E-state index contributed by atoms with van der Waals surface area (Å²) >= 11 is 0. The van der Waals surface area contributed by atoms with E-state index < -0.39 is 11.7 Å². The summed E-state index contributed by atoms with van der Waals surface area (Å²) in [6.45, 7) is 0.594. The summed E-state index contributed by atoms with van der Waals surface area (Å²) in [5.74, 6) is -0.531. The third kappa shape index (κ3) is 3.84. The molecule has 1 aromatic rings. The number of halogens is 1. The number of carbonyl (C=O) groups is 2. The first-order chi connectivity index (χ1) is 8.65. The van der Waals surface area contributed by atoms with E-state index in [0.29, 0.717) is 12.5 Å². The van der Waals surface area contributed by atoms with E-state index in [-0.39, 0.29) is 18.0 Å². The highest BCUT2D eigenvalue weighted by molar-refractivity contribution is 5.96. The molecule has 0 aromatic heterocycles. The minimum absolute atomic E-state index is 0.0813. The van der Waals surface area contributed by atoms with Crippen molar-refractivity contribution in [2.24, 2.45) is 5.92 Å². The Bertz CT molecular complexity index is 458. The van der Waals surface area contributed by atoms with E-state index in [2.05, 4.69) is 10.6 Å². The van der Waals surface area contributed by atoms with Crippen LogP contribution in [0, 0.1) is 11.7 Å². The monoisotopic (exact) mass is 250 g/mol. The summed E-state index contributed by atoms with van der Waals surface area (Å²) in [5.41, 5.74) is 0.213. The van der Waals surface area contributed by atoms with Crippen LogP contribution in [0.15, 0.2) is 24.3 Å². The van der Waals surface area contributed by atoms with Crippen LogP contribution < -0.4 is 10.6 Å². The van der Waals surface area contributed by atoms with Crippen molar-refractivity contribution in [1.82, 2.24) is 10.6 Å². The Balaban J connectivity index is 1.75. The lowest BCUT2D eigenvalue weighted by molar-refractivity contribution is -0.120. The molecule has 0 bridgehead atoms. The molecule has 2 rings (SSSR count). The molecule has 2 N–H and O–H groups in total. The van der Waals surface area contributed by atoms with E-state index in [0.717, 1.165) is 18.9 Å². The summed E-state index contributed by atoms with van der Waals surface area (Å²) in [6, 6.07) is 5.36. The molecule has 0 radical (unpaired) electrons. The minimum Gasteiger partial charge on any atom is -0.354 e. The van der Waals surface area contributed by atoms with Gasteiger partial charge in [-0.05, 0) is 37.0 Å². The first-order valence-corrected chi connectivity index (χ1v) is 5.95. The first kappa shape index (κ1) is 12.5. The number of rotatable bonds is 5. The Morgan fingerprint density at radius 3 is 2.72 bits per heavy atom. The van der Waals surface area contributed by atoms with E-state index in [9.17, 15) is 14.0 Å². The van der Waals surface area contributed by atoms with Crippen LogP contribution in [0.3, 0.4) is 0 Å². The molecule has 2 amide bonds. The molecule has 4 nitrogen and oxygen atoms in total. The topological polar surface area (TPSA) is 58.2 Å². The second-order valence-corrected chi connectivity index (χ2v) is 4.44.